The number of aromatic nitrogens is 1. The molecule has 5 rings (SSSR count). The number of benzene rings is 3. The van der Waals surface area contributed by atoms with Gasteiger partial charge in [-0.3, -0.25) is 4.79 Å². The predicted molar refractivity (Wildman–Crippen MR) is 135 cm³/mol. The molecule has 0 bridgehead atoms. The molecule has 0 radical (unpaired) electrons. The Bertz CT molecular complexity index is 1440. The van der Waals surface area contributed by atoms with Gasteiger partial charge in [-0.05, 0) is 54.2 Å². The molecule has 0 aliphatic heterocycles. The summed E-state index contributed by atoms with van der Waals surface area (Å²) < 4.78 is 48.5. The summed E-state index contributed by atoms with van der Waals surface area (Å²) in [6.07, 6.45) is -1.69. The molecule has 1 aliphatic rings. The molecule has 1 aliphatic carbocycles. The molecule has 8 heteroatoms. The van der Waals surface area contributed by atoms with E-state index >= 15 is 0 Å². The molecule has 1 unspecified atom stereocenters. The number of hydrogen-bond acceptors (Lipinski definition) is 4. The smallest absolute Gasteiger partial charge is 0.314 e. The third-order valence-electron chi connectivity index (χ3n) is 7.24. The predicted octanol–water partition coefficient (Wildman–Crippen LogP) is 6.87. The summed E-state index contributed by atoms with van der Waals surface area (Å²) in [5.74, 6) is -4.35. The summed E-state index contributed by atoms with van der Waals surface area (Å²) in [5.41, 5.74) is 3.19. The summed E-state index contributed by atoms with van der Waals surface area (Å²) in [4.78, 5) is 11.6. The number of aliphatic hydroxyl groups excluding tert-OH is 1. The number of rotatable bonds is 9. The van der Waals surface area contributed by atoms with Gasteiger partial charge in [0.15, 0.2) is 5.76 Å². The highest BCUT2D eigenvalue weighted by atomic mass is 19.3. The van der Waals surface area contributed by atoms with Crippen molar-refractivity contribution in [2.24, 2.45) is 0 Å². The number of aliphatic carboxylic acids is 1. The van der Waals surface area contributed by atoms with E-state index in [1.807, 2.05) is 36.4 Å². The van der Waals surface area contributed by atoms with Gasteiger partial charge in [-0.15, -0.1) is 0 Å². The van der Waals surface area contributed by atoms with Crippen LogP contribution in [0.1, 0.15) is 47.8 Å². The molecule has 3 aromatic carbocycles. The van der Waals surface area contributed by atoms with E-state index in [0.717, 1.165) is 28.8 Å². The summed E-state index contributed by atoms with van der Waals surface area (Å²) in [7, 11) is 0. The zero-order valence-corrected chi connectivity index (χ0v) is 20.6. The van der Waals surface area contributed by atoms with Crippen molar-refractivity contribution in [2.45, 2.75) is 50.0 Å². The van der Waals surface area contributed by atoms with Crippen LogP contribution in [-0.2, 0) is 16.6 Å². The Morgan fingerprint density at radius 2 is 1.53 bits per heavy atom. The Kier molecular flexibility index (Phi) is 6.61. The normalized spacial score (nSPS) is 15.3. The molecule has 0 spiro atoms. The van der Waals surface area contributed by atoms with Gasteiger partial charge < -0.3 is 14.7 Å². The highest BCUT2D eigenvalue weighted by molar-refractivity contribution is 5.85. The lowest BCUT2D eigenvalue weighted by molar-refractivity contribution is -0.140. The zero-order valence-electron chi connectivity index (χ0n) is 20.6. The molecule has 1 heterocycles. The summed E-state index contributed by atoms with van der Waals surface area (Å²) >= 11 is 0. The fraction of sp³-hybridized carbons (Fsp3) is 0.267. The van der Waals surface area contributed by atoms with Crippen LogP contribution in [0.3, 0.4) is 0 Å². The number of carboxylic acid groups (broad SMARTS) is 1. The molecule has 1 atom stereocenters. The Morgan fingerprint density at radius 3 is 2.08 bits per heavy atom. The van der Waals surface area contributed by atoms with Crippen LogP contribution < -0.4 is 0 Å². The SMILES string of the molecule is Cc1noc(-c2ccc(-c3ccc(C4(C(=O)O)CC4)cc3)cc2)c1CC(F)(F)CC(O)c1ccc(F)cc1. The largest absolute Gasteiger partial charge is 0.481 e. The monoisotopic (exact) mass is 521 g/mol. The lowest BCUT2D eigenvalue weighted by atomic mass is 9.93. The van der Waals surface area contributed by atoms with E-state index in [9.17, 15) is 28.2 Å². The van der Waals surface area contributed by atoms with Crippen LogP contribution in [0.25, 0.3) is 22.5 Å². The second kappa shape index (κ2) is 9.76. The minimum Gasteiger partial charge on any atom is -0.481 e. The standard InChI is InChI=1S/C30H26F3NO4/c1-18-25(16-30(32,33)17-26(35)21-8-12-24(31)13-9-21)27(38-34-18)22-4-2-19(3-5-22)20-6-10-23(11-7-20)29(14-15-29)28(36)37/h2-13,26,35H,14-17H2,1H3,(H,36,37). The maximum atomic E-state index is 15.0. The van der Waals surface area contributed by atoms with Gasteiger partial charge in [-0.2, -0.15) is 0 Å². The first kappa shape index (κ1) is 25.7. The minimum atomic E-state index is -3.27. The number of hydrogen-bond donors (Lipinski definition) is 2. The van der Waals surface area contributed by atoms with E-state index in [-0.39, 0.29) is 16.9 Å². The molecule has 196 valence electrons. The van der Waals surface area contributed by atoms with Gasteiger partial charge in [0.25, 0.3) is 5.92 Å². The number of aryl methyl sites for hydroxylation is 1. The maximum absolute atomic E-state index is 15.0. The third kappa shape index (κ3) is 5.09. The summed E-state index contributed by atoms with van der Waals surface area (Å²) in [5, 5.41) is 23.7. The van der Waals surface area contributed by atoms with Crippen LogP contribution in [-0.4, -0.2) is 27.3 Å². The third-order valence-corrected chi connectivity index (χ3v) is 7.24. The van der Waals surface area contributed by atoms with Gasteiger partial charge in [0.2, 0.25) is 0 Å². The molecule has 1 saturated carbocycles. The van der Waals surface area contributed by atoms with Gasteiger partial charge in [-0.1, -0.05) is 65.8 Å². The second-order valence-electron chi connectivity index (χ2n) is 9.92. The number of aliphatic hydroxyl groups is 1. The fourth-order valence-corrected chi connectivity index (χ4v) is 4.79. The number of halogens is 3. The molecule has 5 nitrogen and oxygen atoms in total. The first-order valence-electron chi connectivity index (χ1n) is 12.3. The zero-order chi connectivity index (χ0) is 27.1. The lowest BCUT2D eigenvalue weighted by Crippen LogP contribution is -2.23. The van der Waals surface area contributed by atoms with Crippen LogP contribution in [0.4, 0.5) is 13.2 Å². The topological polar surface area (TPSA) is 83.6 Å². The first-order valence-corrected chi connectivity index (χ1v) is 12.3. The van der Waals surface area contributed by atoms with Crippen LogP contribution in [0.15, 0.2) is 77.3 Å². The molecule has 2 N–H and O–H groups in total. The lowest BCUT2D eigenvalue weighted by Gasteiger charge is -2.20. The van der Waals surface area contributed by atoms with Crippen molar-refractivity contribution in [3.63, 3.8) is 0 Å². The van der Waals surface area contributed by atoms with Crippen molar-refractivity contribution >= 4 is 5.97 Å². The number of carbonyl (C=O) groups is 1. The number of carboxylic acids is 1. The van der Waals surface area contributed by atoms with Crippen LogP contribution in [0.2, 0.25) is 0 Å². The van der Waals surface area contributed by atoms with Crippen molar-refractivity contribution in [1.29, 1.82) is 0 Å². The van der Waals surface area contributed by atoms with Gasteiger partial charge in [0.05, 0.1) is 17.2 Å². The van der Waals surface area contributed by atoms with Crippen LogP contribution >= 0.6 is 0 Å². The minimum absolute atomic E-state index is 0.215. The van der Waals surface area contributed by atoms with Gasteiger partial charge >= 0.3 is 5.97 Å². The van der Waals surface area contributed by atoms with E-state index in [4.69, 9.17) is 4.52 Å². The highest BCUT2D eigenvalue weighted by Gasteiger charge is 2.51. The van der Waals surface area contributed by atoms with E-state index in [2.05, 4.69) is 5.16 Å². The average Bonchev–Trinajstić information content (AvgIpc) is 3.64. The van der Waals surface area contributed by atoms with E-state index in [1.165, 1.54) is 12.1 Å². The molecule has 38 heavy (non-hydrogen) atoms. The Morgan fingerprint density at radius 1 is 0.974 bits per heavy atom. The quantitative estimate of drug-likeness (QED) is 0.251. The second-order valence-corrected chi connectivity index (χ2v) is 9.92. The highest BCUT2D eigenvalue weighted by Crippen LogP contribution is 2.48. The van der Waals surface area contributed by atoms with Gasteiger partial charge in [0, 0.05) is 24.0 Å². The molecule has 1 fully saturated rings. The Balaban J connectivity index is 1.32. The maximum Gasteiger partial charge on any atom is 0.314 e. The molecule has 0 saturated heterocycles. The van der Waals surface area contributed by atoms with E-state index < -0.39 is 42.1 Å². The van der Waals surface area contributed by atoms with Crippen LogP contribution in [0.5, 0.6) is 0 Å². The van der Waals surface area contributed by atoms with Crippen molar-refractivity contribution in [2.75, 3.05) is 0 Å². The van der Waals surface area contributed by atoms with Crippen molar-refractivity contribution in [3.05, 3.63) is 101 Å². The molecular weight excluding hydrogens is 495 g/mol. The van der Waals surface area contributed by atoms with Crippen molar-refractivity contribution < 1.29 is 32.7 Å². The molecular formula is C30H26F3NO4. The Labute approximate surface area is 217 Å². The van der Waals surface area contributed by atoms with E-state index in [0.29, 0.717) is 24.1 Å². The van der Waals surface area contributed by atoms with E-state index in [1.54, 1.807) is 19.1 Å². The number of nitrogens with zero attached hydrogens (tertiary/aromatic N) is 1. The Hall–Kier alpha value is -3.91. The van der Waals surface area contributed by atoms with Crippen molar-refractivity contribution in [1.82, 2.24) is 5.16 Å². The van der Waals surface area contributed by atoms with Gasteiger partial charge in [0.1, 0.15) is 5.82 Å². The first-order chi connectivity index (χ1) is 18.1. The average molecular weight is 522 g/mol. The van der Waals surface area contributed by atoms with Crippen LogP contribution in [0, 0.1) is 12.7 Å². The number of alkyl halides is 2. The van der Waals surface area contributed by atoms with Crippen molar-refractivity contribution in [3.8, 4) is 22.5 Å². The molecule has 4 aromatic rings. The fourth-order valence-electron chi connectivity index (χ4n) is 4.79. The summed E-state index contributed by atoms with van der Waals surface area (Å²) in [6, 6.07) is 19.5. The molecule has 1 aromatic heterocycles. The van der Waals surface area contributed by atoms with Gasteiger partial charge in [-0.25, -0.2) is 13.2 Å². The molecule has 0 amide bonds. The summed E-state index contributed by atoms with van der Waals surface area (Å²) in [6.45, 7) is 1.59.